The summed E-state index contributed by atoms with van der Waals surface area (Å²) in [5.74, 6) is -2.12. The van der Waals surface area contributed by atoms with Gasteiger partial charge in [0.2, 0.25) is 0 Å². The van der Waals surface area contributed by atoms with Crippen LogP contribution in [0, 0.1) is 5.41 Å². The molecule has 9 nitrogen and oxygen atoms in total. The number of nitrogens with one attached hydrogen (secondary N) is 2. The third-order valence-corrected chi connectivity index (χ3v) is 5.79. The molecule has 1 unspecified atom stereocenters. The van der Waals surface area contributed by atoms with Gasteiger partial charge in [-0.05, 0) is 54.8 Å². The zero-order valence-corrected chi connectivity index (χ0v) is 18.6. The van der Waals surface area contributed by atoms with Crippen molar-refractivity contribution in [2.24, 2.45) is 5.73 Å². The fraction of sp³-hybridized carbons (Fsp3) is 0.304. The quantitative estimate of drug-likeness (QED) is 0.180. The van der Waals surface area contributed by atoms with Crippen molar-refractivity contribution in [2.75, 3.05) is 19.7 Å². The molecule has 0 spiro atoms. The van der Waals surface area contributed by atoms with Crippen LogP contribution in [0.25, 0.3) is 0 Å². The number of carboxylic acids is 1. The maximum Gasteiger partial charge on any atom is 0.312 e. The molecular formula is C23H25ClN4O5. The Kier molecular flexibility index (Phi) is 7.55. The van der Waals surface area contributed by atoms with Crippen LogP contribution in [0.2, 0.25) is 5.02 Å². The van der Waals surface area contributed by atoms with Gasteiger partial charge in [0.1, 0.15) is 11.6 Å². The Bertz CT molecular complexity index is 1060. The number of carbonyl (C=O) groups excluding carboxylic acids is 2. The van der Waals surface area contributed by atoms with Crippen LogP contribution in [-0.4, -0.2) is 53.3 Å². The minimum atomic E-state index is -1.27. The average molecular weight is 473 g/mol. The molecule has 33 heavy (non-hydrogen) atoms. The number of piperazine rings is 1. The molecule has 1 saturated heterocycles. The molecule has 0 radical (unpaired) electrons. The number of hydrogen-bond acceptors (Lipinski definition) is 5. The van der Waals surface area contributed by atoms with E-state index in [-0.39, 0.29) is 38.4 Å². The first-order chi connectivity index (χ1) is 15.7. The van der Waals surface area contributed by atoms with Crippen molar-refractivity contribution in [3.05, 3.63) is 64.7 Å². The molecule has 0 bridgehead atoms. The Labute approximate surface area is 196 Å². The number of nitrogen functional groups attached to an aromatic ring is 1. The highest BCUT2D eigenvalue weighted by Crippen LogP contribution is 2.39. The number of amides is 2. The lowest BCUT2D eigenvalue weighted by molar-refractivity contribution is -0.157. The molecule has 2 aromatic rings. The summed E-state index contributed by atoms with van der Waals surface area (Å²) in [6, 6.07) is 13.4. The topological polar surface area (TPSA) is 146 Å². The SMILES string of the molecule is N=C(N)c1ccc(OCCCC(CC(=O)O)(c2cccc(Cl)c2)N2CCNC(=O)C2=O)cc1. The van der Waals surface area contributed by atoms with Crippen LogP contribution in [0.4, 0.5) is 0 Å². The highest BCUT2D eigenvalue weighted by Gasteiger charge is 2.46. The highest BCUT2D eigenvalue weighted by molar-refractivity contribution is 6.35. The van der Waals surface area contributed by atoms with Crippen LogP contribution in [0.1, 0.15) is 30.4 Å². The van der Waals surface area contributed by atoms with E-state index >= 15 is 0 Å². The molecule has 2 amide bonds. The van der Waals surface area contributed by atoms with E-state index < -0.39 is 23.3 Å². The van der Waals surface area contributed by atoms with E-state index in [1.54, 1.807) is 48.5 Å². The van der Waals surface area contributed by atoms with Crippen molar-refractivity contribution >= 4 is 35.2 Å². The Morgan fingerprint density at radius 1 is 1.24 bits per heavy atom. The van der Waals surface area contributed by atoms with Crippen molar-refractivity contribution in [1.82, 2.24) is 10.2 Å². The lowest BCUT2D eigenvalue weighted by Crippen LogP contribution is -2.60. The summed E-state index contributed by atoms with van der Waals surface area (Å²) >= 11 is 6.19. The molecule has 0 saturated carbocycles. The van der Waals surface area contributed by atoms with Gasteiger partial charge in [-0.25, -0.2) is 0 Å². The van der Waals surface area contributed by atoms with Crippen molar-refractivity contribution in [3.8, 4) is 5.75 Å². The summed E-state index contributed by atoms with van der Waals surface area (Å²) < 4.78 is 5.77. The second kappa shape index (κ2) is 10.4. The number of halogens is 1. The third kappa shape index (κ3) is 5.61. The fourth-order valence-corrected chi connectivity index (χ4v) is 4.21. The summed E-state index contributed by atoms with van der Waals surface area (Å²) in [4.78, 5) is 38.1. The van der Waals surface area contributed by atoms with Gasteiger partial charge in [0.15, 0.2) is 0 Å². The number of aliphatic carboxylic acids is 1. The lowest BCUT2D eigenvalue weighted by Gasteiger charge is -2.45. The van der Waals surface area contributed by atoms with Gasteiger partial charge in [-0.3, -0.25) is 19.8 Å². The fourth-order valence-electron chi connectivity index (χ4n) is 4.02. The highest BCUT2D eigenvalue weighted by atomic mass is 35.5. The van der Waals surface area contributed by atoms with Gasteiger partial charge in [0, 0.05) is 23.7 Å². The number of rotatable bonds is 10. The number of benzene rings is 2. The molecule has 10 heteroatoms. The van der Waals surface area contributed by atoms with Crippen LogP contribution in [0.5, 0.6) is 5.75 Å². The predicted molar refractivity (Wildman–Crippen MR) is 122 cm³/mol. The first-order valence-corrected chi connectivity index (χ1v) is 10.8. The monoisotopic (exact) mass is 472 g/mol. The maximum absolute atomic E-state index is 12.8. The number of nitrogens with two attached hydrogens (primary N) is 1. The van der Waals surface area contributed by atoms with E-state index in [4.69, 9.17) is 27.5 Å². The molecule has 0 aliphatic carbocycles. The summed E-state index contributed by atoms with van der Waals surface area (Å²) in [7, 11) is 0. The summed E-state index contributed by atoms with van der Waals surface area (Å²) in [5.41, 5.74) is 5.31. The molecular weight excluding hydrogens is 448 g/mol. The molecule has 1 heterocycles. The summed E-state index contributed by atoms with van der Waals surface area (Å²) in [5, 5.41) is 20.1. The van der Waals surface area contributed by atoms with Gasteiger partial charge in [0.25, 0.3) is 0 Å². The molecule has 2 aromatic carbocycles. The van der Waals surface area contributed by atoms with Gasteiger partial charge >= 0.3 is 17.8 Å². The Balaban J connectivity index is 1.85. The smallest absolute Gasteiger partial charge is 0.312 e. The van der Waals surface area contributed by atoms with Gasteiger partial charge in [-0.15, -0.1) is 0 Å². The molecule has 1 aliphatic rings. The van der Waals surface area contributed by atoms with E-state index in [2.05, 4.69) is 5.32 Å². The first-order valence-electron chi connectivity index (χ1n) is 10.4. The molecule has 1 fully saturated rings. The zero-order chi connectivity index (χ0) is 24.0. The van der Waals surface area contributed by atoms with Crippen LogP contribution in [0.3, 0.4) is 0 Å². The number of ether oxygens (including phenoxy) is 1. The first kappa shape index (κ1) is 24.1. The van der Waals surface area contributed by atoms with E-state index in [0.29, 0.717) is 28.3 Å². The molecule has 1 aliphatic heterocycles. The molecule has 0 aromatic heterocycles. The maximum atomic E-state index is 12.8. The Hall–Kier alpha value is -3.59. The minimum Gasteiger partial charge on any atom is -0.494 e. The van der Waals surface area contributed by atoms with Gasteiger partial charge < -0.3 is 25.8 Å². The van der Waals surface area contributed by atoms with Crippen LogP contribution < -0.4 is 15.8 Å². The van der Waals surface area contributed by atoms with E-state index in [1.807, 2.05) is 0 Å². The minimum absolute atomic E-state index is 0.0447. The van der Waals surface area contributed by atoms with Crippen molar-refractivity contribution < 1.29 is 24.2 Å². The van der Waals surface area contributed by atoms with Crippen molar-refractivity contribution in [3.63, 3.8) is 0 Å². The second-order valence-corrected chi connectivity index (χ2v) is 8.15. The molecule has 5 N–H and O–H groups in total. The van der Waals surface area contributed by atoms with E-state index in [0.717, 1.165) is 0 Å². The van der Waals surface area contributed by atoms with Crippen LogP contribution >= 0.6 is 11.6 Å². The number of carboxylic acid groups (broad SMARTS) is 1. The van der Waals surface area contributed by atoms with Gasteiger partial charge in [-0.1, -0.05) is 23.7 Å². The van der Waals surface area contributed by atoms with Crippen LogP contribution in [0.15, 0.2) is 48.5 Å². The van der Waals surface area contributed by atoms with Crippen molar-refractivity contribution in [2.45, 2.75) is 24.8 Å². The largest absolute Gasteiger partial charge is 0.494 e. The summed E-state index contributed by atoms with van der Waals surface area (Å²) in [6.07, 6.45) is 0.253. The summed E-state index contributed by atoms with van der Waals surface area (Å²) in [6.45, 7) is 0.652. The van der Waals surface area contributed by atoms with Crippen molar-refractivity contribution in [1.29, 1.82) is 5.41 Å². The number of nitrogens with zero attached hydrogens (tertiary/aromatic N) is 1. The number of hydrogen-bond donors (Lipinski definition) is 4. The number of carbonyl (C=O) groups is 3. The second-order valence-electron chi connectivity index (χ2n) is 7.72. The molecule has 3 rings (SSSR count). The lowest BCUT2D eigenvalue weighted by atomic mass is 9.80. The molecule has 1 atom stereocenters. The van der Waals surface area contributed by atoms with E-state index in [1.165, 1.54) is 4.90 Å². The van der Waals surface area contributed by atoms with E-state index in [9.17, 15) is 19.5 Å². The van der Waals surface area contributed by atoms with Crippen LogP contribution in [-0.2, 0) is 19.9 Å². The third-order valence-electron chi connectivity index (χ3n) is 5.55. The Morgan fingerprint density at radius 2 is 1.97 bits per heavy atom. The Morgan fingerprint density at radius 3 is 2.61 bits per heavy atom. The normalized spacial score (nSPS) is 15.5. The molecule has 174 valence electrons. The zero-order valence-electron chi connectivity index (χ0n) is 17.8. The van der Waals surface area contributed by atoms with Gasteiger partial charge in [0.05, 0.1) is 18.6 Å². The average Bonchev–Trinajstić information content (AvgIpc) is 2.78. The predicted octanol–water partition coefficient (Wildman–Crippen LogP) is 2.11. The number of amidine groups is 1. The standard InChI is InChI=1S/C23H25ClN4O5/c24-17-4-1-3-16(13-17)23(14-19(29)30,28-11-10-27-21(31)22(28)32)9-2-12-33-18-7-5-15(6-8-18)20(25)26/h1,3-8,13H,2,9-12,14H2,(H3,25,26)(H,27,31)(H,29,30). The van der Waals surface area contributed by atoms with Gasteiger partial charge in [-0.2, -0.15) is 0 Å².